The quantitative estimate of drug-likeness (QED) is 0.591. The molecule has 0 amide bonds. The third-order valence-corrected chi connectivity index (χ3v) is 6.66. The summed E-state index contributed by atoms with van der Waals surface area (Å²) >= 11 is 0. The molecule has 2 fully saturated rings. The number of rotatable bonds is 4. The van der Waals surface area contributed by atoms with Gasteiger partial charge in [0.2, 0.25) is 0 Å². The summed E-state index contributed by atoms with van der Waals surface area (Å²) in [5.41, 5.74) is 3.44. The maximum absolute atomic E-state index is 13.6. The van der Waals surface area contributed by atoms with Crippen molar-refractivity contribution >= 4 is 16.6 Å². The lowest BCUT2D eigenvalue weighted by Crippen LogP contribution is -2.57. The zero-order chi connectivity index (χ0) is 19.8. The molecule has 3 heteroatoms. The molecule has 5 rings (SSSR count). The number of carbonyl (C=O) groups excluding carboxylic acids is 1. The monoisotopic (exact) mass is 385 g/mol. The molecular formula is C26H27NO2. The van der Waals surface area contributed by atoms with E-state index in [4.69, 9.17) is 4.74 Å². The summed E-state index contributed by atoms with van der Waals surface area (Å²) in [6.45, 7) is 4.50. The van der Waals surface area contributed by atoms with Gasteiger partial charge in [-0.25, -0.2) is 0 Å². The van der Waals surface area contributed by atoms with Crippen LogP contribution in [-0.4, -0.2) is 36.0 Å². The SMILES string of the molecule is Cc1ccc(C(=O)C2CC3COCC(C2)N3Cc2ccccc2)c2ccccc12. The van der Waals surface area contributed by atoms with Crippen LogP contribution in [0.2, 0.25) is 0 Å². The molecule has 0 saturated carbocycles. The number of morpholine rings is 1. The molecule has 29 heavy (non-hydrogen) atoms. The Morgan fingerprint density at radius 1 is 0.897 bits per heavy atom. The van der Waals surface area contributed by atoms with Crippen molar-refractivity contribution in [3.05, 3.63) is 83.4 Å². The molecule has 3 nitrogen and oxygen atoms in total. The molecule has 0 N–H and O–H groups in total. The Bertz CT molecular complexity index is 1020. The van der Waals surface area contributed by atoms with Gasteiger partial charge in [0, 0.05) is 30.1 Å². The van der Waals surface area contributed by atoms with E-state index in [0.29, 0.717) is 17.9 Å². The fourth-order valence-electron chi connectivity index (χ4n) is 5.14. The molecule has 2 bridgehead atoms. The highest BCUT2D eigenvalue weighted by Gasteiger charge is 2.41. The third-order valence-electron chi connectivity index (χ3n) is 6.66. The van der Waals surface area contributed by atoms with Gasteiger partial charge in [-0.1, -0.05) is 66.7 Å². The number of benzene rings is 3. The molecule has 0 aromatic heterocycles. The second-order valence-corrected chi connectivity index (χ2v) is 8.51. The van der Waals surface area contributed by atoms with Crippen LogP contribution in [0.1, 0.15) is 34.3 Å². The number of hydrogen-bond acceptors (Lipinski definition) is 3. The van der Waals surface area contributed by atoms with Gasteiger partial charge in [0.15, 0.2) is 5.78 Å². The highest BCUT2D eigenvalue weighted by molar-refractivity contribution is 6.09. The van der Waals surface area contributed by atoms with Crippen LogP contribution in [0, 0.1) is 12.8 Å². The van der Waals surface area contributed by atoms with Crippen LogP contribution in [0.5, 0.6) is 0 Å². The summed E-state index contributed by atoms with van der Waals surface area (Å²) in [6.07, 6.45) is 1.76. The summed E-state index contributed by atoms with van der Waals surface area (Å²) in [5, 5.41) is 2.27. The minimum Gasteiger partial charge on any atom is -0.378 e. The van der Waals surface area contributed by atoms with E-state index in [-0.39, 0.29) is 5.92 Å². The van der Waals surface area contributed by atoms with Crippen molar-refractivity contribution in [2.24, 2.45) is 5.92 Å². The zero-order valence-corrected chi connectivity index (χ0v) is 16.9. The van der Waals surface area contributed by atoms with Crippen LogP contribution in [-0.2, 0) is 11.3 Å². The van der Waals surface area contributed by atoms with E-state index in [1.807, 2.05) is 18.2 Å². The van der Waals surface area contributed by atoms with Gasteiger partial charge in [-0.15, -0.1) is 0 Å². The van der Waals surface area contributed by atoms with Crippen molar-refractivity contribution in [3.8, 4) is 0 Å². The average molecular weight is 386 g/mol. The predicted molar refractivity (Wildman–Crippen MR) is 116 cm³/mol. The molecule has 0 spiro atoms. The second-order valence-electron chi connectivity index (χ2n) is 8.51. The van der Waals surface area contributed by atoms with E-state index in [9.17, 15) is 4.79 Å². The minimum absolute atomic E-state index is 0.0760. The number of hydrogen-bond donors (Lipinski definition) is 0. The predicted octanol–water partition coefficient (Wildman–Crippen LogP) is 5.01. The maximum atomic E-state index is 13.6. The standard InChI is InChI=1S/C26H27NO2/c1-18-11-12-25(24-10-6-5-9-23(18)24)26(28)20-13-21-16-29-17-22(14-20)27(21)15-19-7-3-2-4-8-19/h2-12,20-22H,13-17H2,1H3. The van der Waals surface area contributed by atoms with Gasteiger partial charge in [-0.2, -0.15) is 0 Å². The molecule has 2 atom stereocenters. The lowest BCUT2D eigenvalue weighted by Gasteiger charge is -2.48. The number of carbonyl (C=O) groups is 1. The van der Waals surface area contributed by atoms with Crippen molar-refractivity contribution in [3.63, 3.8) is 0 Å². The molecule has 2 aliphatic heterocycles. The largest absolute Gasteiger partial charge is 0.378 e. The lowest BCUT2D eigenvalue weighted by molar-refractivity contribution is -0.0872. The first kappa shape index (κ1) is 18.5. The van der Waals surface area contributed by atoms with Crippen LogP contribution in [0.15, 0.2) is 66.7 Å². The topological polar surface area (TPSA) is 29.5 Å². The zero-order valence-electron chi connectivity index (χ0n) is 16.9. The second kappa shape index (κ2) is 7.74. The highest BCUT2D eigenvalue weighted by Crippen LogP contribution is 2.36. The van der Waals surface area contributed by atoms with E-state index in [0.717, 1.165) is 43.5 Å². The summed E-state index contributed by atoms with van der Waals surface area (Å²) in [5.74, 6) is 0.379. The van der Waals surface area contributed by atoms with Crippen molar-refractivity contribution in [1.29, 1.82) is 0 Å². The first-order chi connectivity index (χ1) is 14.2. The lowest BCUT2D eigenvalue weighted by atomic mass is 9.79. The molecule has 2 saturated heterocycles. The number of aryl methyl sites for hydroxylation is 1. The molecule has 0 radical (unpaired) electrons. The minimum atomic E-state index is 0.0760. The number of ether oxygens (including phenoxy) is 1. The first-order valence-electron chi connectivity index (χ1n) is 10.6. The molecule has 2 aliphatic rings. The van der Waals surface area contributed by atoms with Crippen molar-refractivity contribution in [1.82, 2.24) is 4.90 Å². The smallest absolute Gasteiger partial charge is 0.166 e. The number of piperidine rings is 1. The van der Waals surface area contributed by atoms with Crippen molar-refractivity contribution < 1.29 is 9.53 Å². The van der Waals surface area contributed by atoms with Gasteiger partial charge < -0.3 is 4.74 Å². The van der Waals surface area contributed by atoms with Crippen LogP contribution < -0.4 is 0 Å². The van der Waals surface area contributed by atoms with Gasteiger partial charge >= 0.3 is 0 Å². The summed E-state index contributed by atoms with van der Waals surface area (Å²) < 4.78 is 5.87. The van der Waals surface area contributed by atoms with Crippen LogP contribution in [0.4, 0.5) is 0 Å². The van der Waals surface area contributed by atoms with Gasteiger partial charge in [-0.05, 0) is 41.7 Å². The fourth-order valence-corrected chi connectivity index (χ4v) is 5.14. The average Bonchev–Trinajstić information content (AvgIpc) is 2.74. The van der Waals surface area contributed by atoms with Gasteiger partial charge in [0.05, 0.1) is 13.2 Å². The first-order valence-corrected chi connectivity index (χ1v) is 10.6. The maximum Gasteiger partial charge on any atom is 0.166 e. The Labute approximate surface area is 172 Å². The summed E-state index contributed by atoms with van der Waals surface area (Å²) in [4.78, 5) is 16.1. The van der Waals surface area contributed by atoms with Crippen molar-refractivity contribution in [2.45, 2.75) is 38.4 Å². The van der Waals surface area contributed by atoms with E-state index in [1.165, 1.54) is 16.5 Å². The Hall–Kier alpha value is -2.49. The normalized spacial score (nSPS) is 24.5. The van der Waals surface area contributed by atoms with Crippen LogP contribution >= 0.6 is 0 Å². The Kier molecular flexibility index (Phi) is 4.94. The van der Waals surface area contributed by atoms with Crippen LogP contribution in [0.25, 0.3) is 10.8 Å². The number of Topliss-reactive ketones (excluding diaryl/α,β-unsaturated/α-hetero) is 1. The van der Waals surface area contributed by atoms with E-state index in [2.05, 4.69) is 60.4 Å². The molecule has 3 aromatic rings. The number of ketones is 1. The van der Waals surface area contributed by atoms with Gasteiger partial charge in [-0.3, -0.25) is 9.69 Å². The van der Waals surface area contributed by atoms with E-state index >= 15 is 0 Å². The Balaban J connectivity index is 1.40. The molecule has 0 aliphatic carbocycles. The Morgan fingerprint density at radius 3 is 2.28 bits per heavy atom. The fraction of sp³-hybridized carbons (Fsp3) is 0.346. The number of nitrogens with zero attached hydrogens (tertiary/aromatic N) is 1. The molecule has 148 valence electrons. The third kappa shape index (κ3) is 3.50. The van der Waals surface area contributed by atoms with Crippen molar-refractivity contribution in [2.75, 3.05) is 13.2 Å². The summed E-state index contributed by atoms with van der Waals surface area (Å²) in [6, 6.07) is 23.7. The molecule has 3 aromatic carbocycles. The molecule has 2 unspecified atom stereocenters. The van der Waals surface area contributed by atoms with Gasteiger partial charge in [0.1, 0.15) is 0 Å². The van der Waals surface area contributed by atoms with E-state index in [1.54, 1.807) is 0 Å². The van der Waals surface area contributed by atoms with E-state index < -0.39 is 0 Å². The molecular weight excluding hydrogens is 358 g/mol. The molecule has 2 heterocycles. The Morgan fingerprint density at radius 2 is 1.55 bits per heavy atom. The van der Waals surface area contributed by atoms with Gasteiger partial charge in [0.25, 0.3) is 0 Å². The van der Waals surface area contributed by atoms with Crippen LogP contribution in [0.3, 0.4) is 0 Å². The number of fused-ring (bicyclic) bond motifs is 3. The summed E-state index contributed by atoms with van der Waals surface area (Å²) in [7, 11) is 0. The highest BCUT2D eigenvalue weighted by atomic mass is 16.5.